The van der Waals surface area contributed by atoms with Crippen molar-refractivity contribution >= 4 is 17.4 Å². The lowest BCUT2D eigenvalue weighted by molar-refractivity contribution is -0.140. The van der Waals surface area contributed by atoms with Gasteiger partial charge >= 0.3 is 0 Å². The minimum atomic E-state index is -0.798. The van der Waals surface area contributed by atoms with Crippen LogP contribution in [0.15, 0.2) is 71.4 Å². The van der Waals surface area contributed by atoms with E-state index in [0.717, 1.165) is 6.42 Å². The average molecular weight is 435 g/mol. The fourth-order valence-corrected chi connectivity index (χ4v) is 3.80. The van der Waals surface area contributed by atoms with E-state index in [9.17, 15) is 14.7 Å². The van der Waals surface area contributed by atoms with E-state index in [2.05, 4.69) is 4.98 Å². The maximum Gasteiger partial charge on any atom is 0.295 e. The minimum absolute atomic E-state index is 0.0141. The molecule has 0 saturated carbocycles. The third kappa shape index (κ3) is 4.30. The van der Waals surface area contributed by atoms with Gasteiger partial charge in [0.15, 0.2) is 0 Å². The van der Waals surface area contributed by atoms with Gasteiger partial charge < -0.3 is 23.7 Å². The highest BCUT2D eigenvalue weighted by atomic mass is 16.5. The summed E-state index contributed by atoms with van der Waals surface area (Å²) in [5, 5.41) is 11.1. The molecule has 8 nitrogen and oxygen atoms in total. The Kier molecular flexibility index (Phi) is 6.39. The third-order valence-electron chi connectivity index (χ3n) is 5.31. The molecule has 2 aromatic heterocycles. The number of furan rings is 1. The number of rotatable bonds is 9. The van der Waals surface area contributed by atoms with Gasteiger partial charge in [-0.15, -0.1) is 0 Å². The summed E-state index contributed by atoms with van der Waals surface area (Å²) in [4.78, 5) is 31.4. The summed E-state index contributed by atoms with van der Waals surface area (Å²) in [6.45, 7) is 3.51. The number of carbonyl (C=O) groups excluding carboxylic acids is 2. The van der Waals surface area contributed by atoms with Crippen LogP contribution in [-0.4, -0.2) is 44.4 Å². The molecule has 1 aromatic carbocycles. The normalized spacial score (nSPS) is 17.8. The molecule has 1 saturated heterocycles. The number of ketones is 1. The van der Waals surface area contributed by atoms with Crippen LogP contribution in [-0.2, 0) is 16.1 Å². The monoisotopic (exact) mass is 435 g/mol. The molecule has 3 heterocycles. The van der Waals surface area contributed by atoms with E-state index in [1.54, 1.807) is 48.9 Å². The summed E-state index contributed by atoms with van der Waals surface area (Å²) in [6.07, 6.45) is 8.17. The Bertz CT molecular complexity index is 1100. The Labute approximate surface area is 185 Å². The zero-order valence-electron chi connectivity index (χ0n) is 17.8. The number of aliphatic hydroxyl groups is 1. The summed E-state index contributed by atoms with van der Waals surface area (Å²) in [5.41, 5.74) is 0.423. The van der Waals surface area contributed by atoms with Crippen molar-refractivity contribution < 1.29 is 23.8 Å². The van der Waals surface area contributed by atoms with E-state index in [4.69, 9.17) is 9.15 Å². The number of likely N-dealkylation sites (tertiary alicyclic amines) is 1. The van der Waals surface area contributed by atoms with Gasteiger partial charge in [0.05, 0.1) is 24.8 Å². The van der Waals surface area contributed by atoms with Gasteiger partial charge in [-0.2, -0.15) is 0 Å². The van der Waals surface area contributed by atoms with Gasteiger partial charge in [0.25, 0.3) is 11.7 Å². The molecular weight excluding hydrogens is 410 g/mol. The molecule has 3 aromatic rings. The maximum absolute atomic E-state index is 13.0. The summed E-state index contributed by atoms with van der Waals surface area (Å²) in [6, 6.07) is 9.46. The summed E-state index contributed by atoms with van der Waals surface area (Å²) in [5.74, 6) is -0.626. The first-order chi connectivity index (χ1) is 15.6. The van der Waals surface area contributed by atoms with Crippen LogP contribution in [0.3, 0.4) is 0 Å². The number of hydrogen-bond acceptors (Lipinski definition) is 6. The van der Waals surface area contributed by atoms with E-state index in [0.29, 0.717) is 43.2 Å². The van der Waals surface area contributed by atoms with Crippen LogP contribution in [0.5, 0.6) is 5.75 Å². The van der Waals surface area contributed by atoms with Crippen molar-refractivity contribution in [3.8, 4) is 5.75 Å². The molecule has 0 radical (unpaired) electrons. The molecule has 1 amide bonds. The minimum Gasteiger partial charge on any atom is -0.507 e. The molecule has 0 spiro atoms. The number of hydrogen-bond donors (Lipinski definition) is 1. The second-order valence-corrected chi connectivity index (χ2v) is 7.54. The van der Waals surface area contributed by atoms with Crippen LogP contribution >= 0.6 is 0 Å². The van der Waals surface area contributed by atoms with E-state index in [-0.39, 0.29) is 11.3 Å². The van der Waals surface area contributed by atoms with E-state index in [1.807, 2.05) is 17.7 Å². The van der Waals surface area contributed by atoms with Gasteiger partial charge in [0.1, 0.15) is 23.3 Å². The average Bonchev–Trinajstić information content (AvgIpc) is 3.56. The Morgan fingerprint density at radius 1 is 1.22 bits per heavy atom. The molecule has 0 bridgehead atoms. The van der Waals surface area contributed by atoms with Crippen LogP contribution in [0.1, 0.15) is 37.1 Å². The van der Waals surface area contributed by atoms with Gasteiger partial charge in [-0.3, -0.25) is 9.59 Å². The molecule has 0 aliphatic carbocycles. The van der Waals surface area contributed by atoms with E-state index < -0.39 is 17.7 Å². The quantitative estimate of drug-likeness (QED) is 0.312. The summed E-state index contributed by atoms with van der Waals surface area (Å²) in [7, 11) is 0. The first-order valence-electron chi connectivity index (χ1n) is 10.6. The van der Waals surface area contributed by atoms with E-state index >= 15 is 0 Å². The van der Waals surface area contributed by atoms with Crippen molar-refractivity contribution in [3.63, 3.8) is 0 Å². The zero-order valence-corrected chi connectivity index (χ0v) is 17.8. The molecule has 1 fully saturated rings. The number of aliphatic hydroxyl groups excluding tert-OH is 1. The number of aromatic nitrogens is 2. The number of imidazole rings is 1. The SMILES string of the molecule is CCCOc1cccc(C(O)=C2C(=O)C(=O)N(CCCn3ccnc3)[C@H]2c2ccco2)c1. The highest BCUT2D eigenvalue weighted by molar-refractivity contribution is 6.46. The molecule has 1 aliphatic rings. The number of ether oxygens (including phenoxy) is 1. The van der Waals surface area contributed by atoms with Gasteiger partial charge in [-0.05, 0) is 37.1 Å². The Morgan fingerprint density at radius 3 is 2.81 bits per heavy atom. The topological polar surface area (TPSA) is 97.8 Å². The van der Waals surface area contributed by atoms with Crippen molar-refractivity contribution in [2.24, 2.45) is 0 Å². The second kappa shape index (κ2) is 9.55. The van der Waals surface area contributed by atoms with Crippen molar-refractivity contribution in [2.45, 2.75) is 32.4 Å². The highest BCUT2D eigenvalue weighted by Crippen LogP contribution is 2.40. The number of Topliss-reactive ketones (excluding diaryl/α,β-unsaturated/α-hetero) is 1. The Morgan fingerprint density at radius 2 is 2.09 bits per heavy atom. The number of nitrogens with zero attached hydrogens (tertiary/aromatic N) is 3. The predicted molar refractivity (Wildman–Crippen MR) is 117 cm³/mol. The van der Waals surface area contributed by atoms with Crippen molar-refractivity contribution in [1.29, 1.82) is 0 Å². The first kappa shape index (κ1) is 21.4. The highest BCUT2D eigenvalue weighted by Gasteiger charge is 2.47. The predicted octanol–water partition coefficient (Wildman–Crippen LogP) is 3.78. The molecule has 1 N–H and O–H groups in total. The molecule has 32 heavy (non-hydrogen) atoms. The van der Waals surface area contributed by atoms with Crippen LogP contribution in [0.4, 0.5) is 0 Å². The number of carbonyl (C=O) groups is 2. The van der Waals surface area contributed by atoms with Crippen molar-refractivity contribution in [2.75, 3.05) is 13.2 Å². The molecule has 1 aliphatic heterocycles. The van der Waals surface area contributed by atoms with Crippen molar-refractivity contribution in [3.05, 3.63) is 78.3 Å². The van der Waals surface area contributed by atoms with Crippen LogP contribution < -0.4 is 4.74 Å². The molecular formula is C24H25N3O5. The molecule has 166 valence electrons. The molecule has 1 atom stereocenters. The van der Waals surface area contributed by atoms with Gasteiger partial charge in [0, 0.05) is 31.0 Å². The number of amides is 1. The molecule has 4 rings (SSSR count). The summed E-state index contributed by atoms with van der Waals surface area (Å²) < 4.78 is 13.1. The molecule has 8 heteroatoms. The fraction of sp³-hybridized carbons (Fsp3) is 0.292. The van der Waals surface area contributed by atoms with Crippen LogP contribution in [0, 0.1) is 0 Å². The second-order valence-electron chi connectivity index (χ2n) is 7.54. The summed E-state index contributed by atoms with van der Waals surface area (Å²) >= 11 is 0. The van der Waals surface area contributed by atoms with Gasteiger partial charge in [0.2, 0.25) is 0 Å². The number of benzene rings is 1. The lowest BCUT2D eigenvalue weighted by Crippen LogP contribution is -2.31. The van der Waals surface area contributed by atoms with Crippen LogP contribution in [0.25, 0.3) is 5.76 Å². The molecule has 0 unspecified atom stereocenters. The largest absolute Gasteiger partial charge is 0.507 e. The Balaban J connectivity index is 1.66. The smallest absolute Gasteiger partial charge is 0.295 e. The maximum atomic E-state index is 13.0. The Hall–Kier alpha value is -3.81. The third-order valence-corrected chi connectivity index (χ3v) is 5.31. The van der Waals surface area contributed by atoms with E-state index in [1.165, 1.54) is 11.2 Å². The van der Waals surface area contributed by atoms with Gasteiger partial charge in [-0.1, -0.05) is 19.1 Å². The lowest BCUT2D eigenvalue weighted by Gasteiger charge is -2.23. The van der Waals surface area contributed by atoms with Crippen LogP contribution in [0.2, 0.25) is 0 Å². The number of aryl methyl sites for hydroxylation is 1. The van der Waals surface area contributed by atoms with Gasteiger partial charge in [-0.25, -0.2) is 4.98 Å². The first-order valence-corrected chi connectivity index (χ1v) is 10.6. The fourth-order valence-electron chi connectivity index (χ4n) is 3.80. The zero-order chi connectivity index (χ0) is 22.5. The van der Waals surface area contributed by atoms with Crippen molar-refractivity contribution in [1.82, 2.24) is 14.5 Å². The lowest BCUT2D eigenvalue weighted by atomic mass is 9.99. The standard InChI is InChI=1S/C24H25N3O5/c1-2-13-31-18-7-3-6-17(15-18)22(28)20-21(19-8-4-14-32-19)27(24(30)23(20)29)11-5-10-26-12-9-25-16-26/h3-4,6-9,12,14-16,21,28H,2,5,10-11,13H2,1H3/t21-/m0/s1.